The Morgan fingerprint density at radius 1 is 0.931 bits per heavy atom. The van der Waals surface area contributed by atoms with E-state index in [1.807, 2.05) is 63.2 Å². The maximum Gasteiger partial charge on any atom is 0.253 e. The van der Waals surface area contributed by atoms with Crippen LogP contribution < -0.4 is 15.5 Å². The lowest BCUT2D eigenvalue weighted by molar-refractivity contribution is -0.118. The predicted molar refractivity (Wildman–Crippen MR) is 118 cm³/mol. The fraction of sp³-hybridized carbons (Fsp3) is 0.417. The fourth-order valence-electron chi connectivity index (χ4n) is 3.59. The van der Waals surface area contributed by atoms with Gasteiger partial charge >= 0.3 is 0 Å². The zero-order chi connectivity index (χ0) is 20.8. The van der Waals surface area contributed by atoms with E-state index in [0.29, 0.717) is 11.3 Å². The molecule has 0 saturated carbocycles. The molecule has 0 aromatic heterocycles. The molecule has 5 nitrogen and oxygen atoms in total. The lowest BCUT2D eigenvalue weighted by Gasteiger charge is -2.31. The largest absolute Gasteiger partial charge is 0.371 e. The van der Waals surface area contributed by atoms with Crippen molar-refractivity contribution in [2.24, 2.45) is 5.92 Å². The Morgan fingerprint density at radius 3 is 2.28 bits per heavy atom. The van der Waals surface area contributed by atoms with E-state index in [1.54, 1.807) is 6.07 Å². The smallest absolute Gasteiger partial charge is 0.253 e. The number of hydrogen-bond donors (Lipinski definition) is 2. The summed E-state index contributed by atoms with van der Waals surface area (Å²) in [4.78, 5) is 27.6. The van der Waals surface area contributed by atoms with Crippen LogP contribution in [0.3, 0.4) is 0 Å². The van der Waals surface area contributed by atoms with Crippen LogP contribution in [0.1, 0.15) is 62.0 Å². The van der Waals surface area contributed by atoms with Gasteiger partial charge in [0.1, 0.15) is 0 Å². The van der Waals surface area contributed by atoms with E-state index in [1.165, 1.54) is 6.42 Å². The second-order valence-corrected chi connectivity index (χ2v) is 8.03. The van der Waals surface area contributed by atoms with E-state index in [4.69, 9.17) is 0 Å². The molecule has 1 saturated heterocycles. The number of hydrogen-bond acceptors (Lipinski definition) is 3. The van der Waals surface area contributed by atoms with Gasteiger partial charge in [-0.15, -0.1) is 0 Å². The van der Waals surface area contributed by atoms with Crippen LogP contribution in [0, 0.1) is 5.92 Å². The number of benzene rings is 2. The second kappa shape index (κ2) is 9.59. The highest BCUT2D eigenvalue weighted by Gasteiger charge is 2.21. The van der Waals surface area contributed by atoms with Crippen molar-refractivity contribution in [1.29, 1.82) is 0 Å². The number of amides is 2. The van der Waals surface area contributed by atoms with Gasteiger partial charge in [0.15, 0.2) is 0 Å². The minimum absolute atomic E-state index is 0.0558. The highest BCUT2D eigenvalue weighted by Crippen LogP contribution is 2.28. The van der Waals surface area contributed by atoms with Gasteiger partial charge in [0.25, 0.3) is 5.91 Å². The Kier molecular flexibility index (Phi) is 6.91. The van der Waals surface area contributed by atoms with Gasteiger partial charge in [-0.05, 0) is 49.9 Å². The maximum absolute atomic E-state index is 13.2. The molecule has 29 heavy (non-hydrogen) atoms. The molecule has 1 unspecified atom stereocenters. The van der Waals surface area contributed by atoms with Gasteiger partial charge in [0, 0.05) is 30.4 Å². The van der Waals surface area contributed by atoms with Crippen molar-refractivity contribution < 1.29 is 9.59 Å². The van der Waals surface area contributed by atoms with E-state index in [9.17, 15) is 9.59 Å². The first-order chi connectivity index (χ1) is 14.0. The summed E-state index contributed by atoms with van der Waals surface area (Å²) in [7, 11) is 0. The van der Waals surface area contributed by atoms with Crippen LogP contribution in [0.4, 0.5) is 11.4 Å². The number of carbonyl (C=O) groups excluding carboxylic acids is 2. The third kappa shape index (κ3) is 5.37. The van der Waals surface area contributed by atoms with Crippen molar-refractivity contribution >= 4 is 23.2 Å². The summed E-state index contributed by atoms with van der Waals surface area (Å²) in [5.41, 5.74) is 3.26. The molecule has 0 radical (unpaired) electrons. The molecule has 0 spiro atoms. The van der Waals surface area contributed by atoms with Crippen molar-refractivity contribution in [3.8, 4) is 0 Å². The van der Waals surface area contributed by atoms with Crippen molar-refractivity contribution in [2.75, 3.05) is 23.3 Å². The van der Waals surface area contributed by atoms with E-state index in [-0.39, 0.29) is 23.8 Å². The van der Waals surface area contributed by atoms with E-state index in [0.717, 1.165) is 37.2 Å². The monoisotopic (exact) mass is 393 g/mol. The van der Waals surface area contributed by atoms with Crippen molar-refractivity contribution in [2.45, 2.75) is 46.1 Å². The Balaban J connectivity index is 1.87. The van der Waals surface area contributed by atoms with E-state index >= 15 is 0 Å². The van der Waals surface area contributed by atoms with Crippen LogP contribution in [-0.4, -0.2) is 24.9 Å². The van der Waals surface area contributed by atoms with Gasteiger partial charge in [-0.3, -0.25) is 9.59 Å². The molecule has 2 N–H and O–H groups in total. The Bertz CT molecular complexity index is 842. The van der Waals surface area contributed by atoms with Crippen LogP contribution in [0.2, 0.25) is 0 Å². The number of nitrogens with zero attached hydrogens (tertiary/aromatic N) is 1. The number of piperidine rings is 1. The fourth-order valence-corrected chi connectivity index (χ4v) is 3.59. The summed E-state index contributed by atoms with van der Waals surface area (Å²) in [6.45, 7) is 7.59. The Labute approximate surface area is 173 Å². The van der Waals surface area contributed by atoms with Gasteiger partial charge in [-0.1, -0.05) is 44.2 Å². The molecule has 2 aromatic rings. The first kappa shape index (κ1) is 20.9. The highest BCUT2D eigenvalue weighted by atomic mass is 16.2. The number of rotatable bonds is 6. The summed E-state index contributed by atoms with van der Waals surface area (Å²) in [5.74, 6) is -0.297. The molecule has 5 heteroatoms. The molecule has 1 aliphatic rings. The summed E-state index contributed by atoms with van der Waals surface area (Å²) in [5, 5.41) is 6.03. The van der Waals surface area contributed by atoms with Crippen molar-refractivity contribution in [1.82, 2.24) is 5.32 Å². The highest BCUT2D eigenvalue weighted by molar-refractivity contribution is 6.02. The summed E-state index contributed by atoms with van der Waals surface area (Å²) < 4.78 is 0. The quantitative estimate of drug-likeness (QED) is 0.744. The van der Waals surface area contributed by atoms with Gasteiger partial charge in [0.05, 0.1) is 11.6 Å². The van der Waals surface area contributed by atoms with Crippen LogP contribution in [0.5, 0.6) is 0 Å². The van der Waals surface area contributed by atoms with Crippen LogP contribution >= 0.6 is 0 Å². The summed E-state index contributed by atoms with van der Waals surface area (Å²) in [6.07, 6.45) is 3.49. The topological polar surface area (TPSA) is 61.4 Å². The molecular weight excluding hydrogens is 362 g/mol. The minimum Gasteiger partial charge on any atom is -0.371 e. The lowest BCUT2D eigenvalue weighted by Crippen LogP contribution is -2.33. The van der Waals surface area contributed by atoms with Crippen molar-refractivity contribution in [3.05, 3.63) is 59.7 Å². The molecule has 1 aliphatic heterocycles. The van der Waals surface area contributed by atoms with Gasteiger partial charge in [-0.25, -0.2) is 0 Å². The first-order valence-electron chi connectivity index (χ1n) is 10.5. The molecule has 0 aliphatic carbocycles. The summed E-state index contributed by atoms with van der Waals surface area (Å²) >= 11 is 0. The molecular formula is C24H31N3O2. The van der Waals surface area contributed by atoms with E-state index in [2.05, 4.69) is 15.5 Å². The third-order valence-corrected chi connectivity index (χ3v) is 5.38. The molecule has 1 fully saturated rings. The zero-order valence-corrected chi connectivity index (χ0v) is 17.6. The van der Waals surface area contributed by atoms with Gasteiger partial charge < -0.3 is 15.5 Å². The van der Waals surface area contributed by atoms with Gasteiger partial charge in [-0.2, -0.15) is 0 Å². The molecule has 1 atom stereocenters. The average molecular weight is 394 g/mol. The van der Waals surface area contributed by atoms with Gasteiger partial charge in [0.2, 0.25) is 5.91 Å². The zero-order valence-electron chi connectivity index (χ0n) is 17.6. The average Bonchev–Trinajstić information content (AvgIpc) is 2.74. The number of carbonyl (C=O) groups is 2. The van der Waals surface area contributed by atoms with Crippen LogP contribution in [-0.2, 0) is 4.79 Å². The first-order valence-corrected chi connectivity index (χ1v) is 10.5. The molecule has 1 heterocycles. The maximum atomic E-state index is 13.2. The molecule has 2 amide bonds. The second-order valence-electron chi connectivity index (χ2n) is 8.03. The van der Waals surface area contributed by atoms with Crippen LogP contribution in [0.15, 0.2) is 48.5 Å². The third-order valence-electron chi connectivity index (χ3n) is 5.38. The summed E-state index contributed by atoms with van der Waals surface area (Å²) in [6, 6.07) is 15.5. The predicted octanol–water partition coefficient (Wildman–Crippen LogP) is 4.76. The minimum atomic E-state index is -0.123. The normalized spacial score (nSPS) is 15.1. The molecule has 2 aromatic carbocycles. The van der Waals surface area contributed by atoms with Crippen LogP contribution in [0.25, 0.3) is 0 Å². The van der Waals surface area contributed by atoms with E-state index < -0.39 is 0 Å². The molecule has 154 valence electrons. The number of anilines is 2. The Hall–Kier alpha value is -2.82. The van der Waals surface area contributed by atoms with Crippen molar-refractivity contribution in [3.63, 3.8) is 0 Å². The lowest BCUT2D eigenvalue weighted by atomic mass is 10.0. The Morgan fingerprint density at radius 2 is 1.62 bits per heavy atom. The molecule has 0 bridgehead atoms. The number of nitrogens with one attached hydrogen (secondary N) is 2. The SMILES string of the molecule is CC(C)C(=O)Nc1ccc(N2CCCCC2)c(C(=O)NC(C)c2ccccc2)c1. The standard InChI is InChI=1S/C24H31N3O2/c1-17(2)23(28)26-20-12-13-22(27-14-8-5-9-15-27)21(16-20)24(29)25-18(3)19-10-6-4-7-11-19/h4,6-7,10-13,16-18H,5,8-9,14-15H2,1-3H3,(H,25,29)(H,26,28). The molecule has 3 rings (SSSR count).